The summed E-state index contributed by atoms with van der Waals surface area (Å²) in [5, 5.41) is 0. The van der Waals surface area contributed by atoms with E-state index < -0.39 is 6.04 Å². The van der Waals surface area contributed by atoms with Crippen molar-refractivity contribution < 1.29 is 19.1 Å². The van der Waals surface area contributed by atoms with Gasteiger partial charge in [0.05, 0.1) is 25.3 Å². The molecular formula is C23H25N3O4. The molecule has 2 amide bonds. The average molecular weight is 407 g/mol. The zero-order chi connectivity index (χ0) is 21.3. The number of imide groups is 1. The van der Waals surface area contributed by atoms with Crippen LogP contribution >= 0.6 is 0 Å². The Balaban J connectivity index is 1.40. The maximum Gasteiger partial charge on any atom is 0.251 e. The number of rotatable bonds is 5. The molecule has 0 aliphatic carbocycles. The highest BCUT2D eigenvalue weighted by Crippen LogP contribution is 2.28. The number of hydrogen-bond acceptors (Lipinski definition) is 6. The molecular weight excluding hydrogens is 382 g/mol. The van der Waals surface area contributed by atoms with E-state index >= 15 is 0 Å². The molecule has 0 bridgehead atoms. The van der Waals surface area contributed by atoms with E-state index in [9.17, 15) is 14.4 Å². The molecule has 0 spiro atoms. The van der Waals surface area contributed by atoms with Gasteiger partial charge in [0.25, 0.3) is 5.91 Å². The number of hydrogen-bond donors (Lipinski definition) is 0. The van der Waals surface area contributed by atoms with Crippen LogP contribution in [-0.2, 0) is 9.59 Å². The van der Waals surface area contributed by atoms with Crippen LogP contribution < -0.4 is 14.5 Å². The van der Waals surface area contributed by atoms with Crippen LogP contribution in [-0.4, -0.2) is 61.8 Å². The molecule has 2 heterocycles. The van der Waals surface area contributed by atoms with Crippen LogP contribution in [0, 0.1) is 0 Å². The van der Waals surface area contributed by atoms with Gasteiger partial charge in [0.2, 0.25) is 5.91 Å². The largest absolute Gasteiger partial charge is 0.497 e. The molecule has 156 valence electrons. The van der Waals surface area contributed by atoms with Crippen molar-refractivity contribution in [1.29, 1.82) is 0 Å². The second kappa shape index (κ2) is 8.28. The molecule has 30 heavy (non-hydrogen) atoms. The lowest BCUT2D eigenvalue weighted by molar-refractivity contribution is -0.123. The lowest BCUT2D eigenvalue weighted by Gasteiger charge is -2.38. The van der Waals surface area contributed by atoms with Crippen molar-refractivity contribution >= 4 is 29.0 Å². The summed E-state index contributed by atoms with van der Waals surface area (Å²) in [6, 6.07) is 14.2. The Morgan fingerprint density at radius 3 is 2.07 bits per heavy atom. The highest BCUT2D eigenvalue weighted by atomic mass is 16.5. The van der Waals surface area contributed by atoms with E-state index in [1.807, 2.05) is 24.3 Å². The Bertz CT molecular complexity index is 947. The number of methoxy groups -OCH3 is 1. The smallest absolute Gasteiger partial charge is 0.251 e. The minimum Gasteiger partial charge on any atom is -0.497 e. The number of ether oxygens (including phenoxy) is 1. The number of carbonyl (C=O) groups is 3. The van der Waals surface area contributed by atoms with Crippen molar-refractivity contribution in [3.63, 3.8) is 0 Å². The first-order chi connectivity index (χ1) is 14.5. The maximum absolute atomic E-state index is 13.0. The van der Waals surface area contributed by atoms with Gasteiger partial charge in [-0.15, -0.1) is 0 Å². The molecule has 7 nitrogen and oxygen atoms in total. The third-order valence-corrected chi connectivity index (χ3v) is 5.85. The van der Waals surface area contributed by atoms with Crippen LogP contribution in [0.25, 0.3) is 0 Å². The summed E-state index contributed by atoms with van der Waals surface area (Å²) in [4.78, 5) is 42.7. The Morgan fingerprint density at radius 2 is 1.50 bits per heavy atom. The van der Waals surface area contributed by atoms with Gasteiger partial charge in [0.1, 0.15) is 5.75 Å². The zero-order valence-corrected chi connectivity index (χ0v) is 17.2. The molecule has 2 saturated heterocycles. The van der Waals surface area contributed by atoms with E-state index in [-0.39, 0.29) is 24.0 Å². The zero-order valence-electron chi connectivity index (χ0n) is 17.2. The van der Waals surface area contributed by atoms with Crippen molar-refractivity contribution in [1.82, 2.24) is 4.90 Å². The Hall–Kier alpha value is -3.19. The number of nitrogens with zero attached hydrogens (tertiary/aromatic N) is 3. The summed E-state index contributed by atoms with van der Waals surface area (Å²) in [6.07, 6.45) is 0.207. The highest BCUT2D eigenvalue weighted by Gasteiger charge is 2.43. The number of Topliss-reactive ketones (excluding diaryl/α,β-unsaturated/α-hetero) is 1. The van der Waals surface area contributed by atoms with E-state index in [0.717, 1.165) is 18.8 Å². The summed E-state index contributed by atoms with van der Waals surface area (Å²) < 4.78 is 5.15. The molecule has 2 fully saturated rings. The van der Waals surface area contributed by atoms with Crippen molar-refractivity contribution in [2.24, 2.45) is 0 Å². The molecule has 2 aliphatic rings. The van der Waals surface area contributed by atoms with Crippen LogP contribution in [0.15, 0.2) is 48.5 Å². The van der Waals surface area contributed by atoms with Gasteiger partial charge in [-0.05, 0) is 55.5 Å². The molecule has 2 aromatic rings. The van der Waals surface area contributed by atoms with E-state index in [1.165, 1.54) is 4.90 Å². The van der Waals surface area contributed by atoms with Gasteiger partial charge in [0.15, 0.2) is 5.78 Å². The minimum absolute atomic E-state index is 0.0530. The summed E-state index contributed by atoms with van der Waals surface area (Å²) >= 11 is 0. The van der Waals surface area contributed by atoms with Gasteiger partial charge in [-0.2, -0.15) is 0 Å². The fourth-order valence-corrected chi connectivity index (χ4v) is 4.10. The molecule has 0 radical (unpaired) electrons. The van der Waals surface area contributed by atoms with Gasteiger partial charge < -0.3 is 9.64 Å². The van der Waals surface area contributed by atoms with Gasteiger partial charge in [0, 0.05) is 37.4 Å². The van der Waals surface area contributed by atoms with Gasteiger partial charge in [-0.3, -0.25) is 19.3 Å². The monoisotopic (exact) mass is 407 g/mol. The van der Waals surface area contributed by atoms with Crippen molar-refractivity contribution in [2.45, 2.75) is 19.4 Å². The van der Waals surface area contributed by atoms with Crippen molar-refractivity contribution in [3.05, 3.63) is 54.1 Å². The van der Waals surface area contributed by atoms with Crippen LogP contribution in [0.1, 0.15) is 23.7 Å². The lowest BCUT2D eigenvalue weighted by atomic mass is 10.1. The predicted molar refractivity (Wildman–Crippen MR) is 114 cm³/mol. The normalized spacial score (nSPS) is 20.0. The average Bonchev–Trinajstić information content (AvgIpc) is 3.08. The molecule has 4 rings (SSSR count). The third-order valence-electron chi connectivity index (χ3n) is 5.85. The summed E-state index contributed by atoms with van der Waals surface area (Å²) in [6.45, 7) is 4.49. The number of benzene rings is 2. The molecule has 2 aromatic carbocycles. The van der Waals surface area contributed by atoms with E-state index in [2.05, 4.69) is 9.80 Å². The molecule has 0 N–H and O–H groups in total. The van der Waals surface area contributed by atoms with Crippen LogP contribution in [0.5, 0.6) is 5.75 Å². The second-order valence-corrected chi connectivity index (χ2v) is 7.61. The Morgan fingerprint density at radius 1 is 0.900 bits per heavy atom. The van der Waals surface area contributed by atoms with Crippen LogP contribution in [0.4, 0.5) is 11.4 Å². The molecule has 0 saturated carbocycles. The van der Waals surface area contributed by atoms with Crippen molar-refractivity contribution in [2.75, 3.05) is 43.1 Å². The minimum atomic E-state index is -0.415. The molecule has 0 aromatic heterocycles. The number of anilines is 2. The highest BCUT2D eigenvalue weighted by molar-refractivity contribution is 6.22. The summed E-state index contributed by atoms with van der Waals surface area (Å²) in [5.41, 5.74) is 2.34. The number of piperazine rings is 1. The summed E-state index contributed by atoms with van der Waals surface area (Å²) in [7, 11) is 1.58. The molecule has 1 atom stereocenters. The number of carbonyl (C=O) groups excluding carboxylic acids is 3. The summed E-state index contributed by atoms with van der Waals surface area (Å²) in [5.74, 6) is 0.404. The topological polar surface area (TPSA) is 70.2 Å². The SMILES string of the molecule is COc1ccc(N2C(=O)C[C@H](N3CCN(c4ccc(C(C)=O)cc4)CC3)C2=O)cc1. The first-order valence-electron chi connectivity index (χ1n) is 10.1. The fraction of sp³-hybridized carbons (Fsp3) is 0.348. The van der Waals surface area contributed by atoms with Crippen molar-refractivity contribution in [3.8, 4) is 5.75 Å². The molecule has 2 aliphatic heterocycles. The van der Waals surface area contributed by atoms with E-state index in [4.69, 9.17) is 4.74 Å². The van der Waals surface area contributed by atoms with E-state index in [0.29, 0.717) is 30.1 Å². The van der Waals surface area contributed by atoms with Gasteiger partial charge in [-0.1, -0.05) is 0 Å². The van der Waals surface area contributed by atoms with Gasteiger partial charge >= 0.3 is 0 Å². The number of ketones is 1. The number of amides is 2. The standard InChI is InChI=1S/C23H25N3O4/c1-16(27)17-3-5-18(6-4-17)24-11-13-25(14-12-24)21-15-22(28)26(23(21)29)19-7-9-20(30-2)10-8-19/h3-10,21H,11-15H2,1-2H3/t21-/m0/s1. The maximum atomic E-state index is 13.0. The first-order valence-corrected chi connectivity index (χ1v) is 10.1. The van der Waals surface area contributed by atoms with Crippen LogP contribution in [0.2, 0.25) is 0 Å². The predicted octanol–water partition coefficient (Wildman–Crippen LogP) is 2.35. The Kier molecular flexibility index (Phi) is 5.55. The Labute approximate surface area is 175 Å². The lowest BCUT2D eigenvalue weighted by Crippen LogP contribution is -2.52. The molecule has 7 heteroatoms. The quantitative estimate of drug-likeness (QED) is 0.560. The van der Waals surface area contributed by atoms with Gasteiger partial charge in [-0.25, -0.2) is 4.90 Å². The fourth-order valence-electron chi connectivity index (χ4n) is 4.10. The first kappa shape index (κ1) is 20.1. The third kappa shape index (κ3) is 3.80. The molecule has 0 unspecified atom stereocenters. The van der Waals surface area contributed by atoms with Crippen LogP contribution in [0.3, 0.4) is 0 Å². The second-order valence-electron chi connectivity index (χ2n) is 7.61. The van der Waals surface area contributed by atoms with E-state index in [1.54, 1.807) is 38.3 Å².